The largest absolute Gasteiger partial charge is 0.480 e. The average molecular weight is 1440 g/mol. The fourth-order valence-corrected chi connectivity index (χ4v) is 14.7. The summed E-state index contributed by atoms with van der Waals surface area (Å²) in [4.78, 5) is 128. The highest BCUT2D eigenvalue weighted by molar-refractivity contribution is 6.29. The van der Waals surface area contributed by atoms with Crippen LogP contribution in [0, 0.1) is 0 Å². The summed E-state index contributed by atoms with van der Waals surface area (Å²) in [7, 11) is 0. The highest BCUT2D eigenvalue weighted by Gasteiger charge is 2.63. The molecule has 32 heteroatoms. The Morgan fingerprint density at radius 3 is 1.59 bits per heavy atom. The Bertz CT molecular complexity index is 4260. The summed E-state index contributed by atoms with van der Waals surface area (Å²) < 4.78 is 17.7. The molecule has 7 amide bonds. The first kappa shape index (κ1) is 72.3. The highest BCUT2D eigenvalue weighted by atomic mass is 35.5. The predicted octanol–water partition coefficient (Wildman–Crippen LogP) is 5.54. The Labute approximate surface area is 607 Å². The molecule has 13 rings (SSSR count). The zero-order chi connectivity index (χ0) is 72.6. The number of ether oxygens (including phenoxy) is 3. The zero-order valence-corrected chi connectivity index (χ0v) is 59.8. The van der Waals surface area contributed by atoms with E-state index in [1.807, 2.05) is 38.1 Å². The molecule has 6 aliphatic heterocycles. The number of fused-ring (bicyclic) bond motifs is 3. The van der Waals surface area contributed by atoms with Gasteiger partial charge in [0.25, 0.3) is 5.91 Å². The second-order valence-electron chi connectivity index (χ2n) is 26.3. The molecule has 3 saturated heterocycles. The number of aliphatic hydroxyl groups is 1. The summed E-state index contributed by atoms with van der Waals surface area (Å²) >= 11 is 6.19. The molecule has 6 aliphatic rings. The molecule has 104 heavy (non-hydrogen) atoms. The van der Waals surface area contributed by atoms with Gasteiger partial charge in [0.2, 0.25) is 5.66 Å². The number of anilines is 7. The molecule has 4 aromatic heterocycles. The molecule has 31 nitrogen and oxygen atoms in total. The molecule has 0 radical (unpaired) electrons. The Morgan fingerprint density at radius 1 is 0.567 bits per heavy atom. The minimum Gasteiger partial charge on any atom is -0.480 e. The number of carbonyl (C=O) groups is 5. The summed E-state index contributed by atoms with van der Waals surface area (Å²) in [6, 6.07) is 17.5. The lowest BCUT2D eigenvalue weighted by molar-refractivity contribution is -0.160. The maximum atomic E-state index is 16.8. The van der Waals surface area contributed by atoms with Crippen LogP contribution in [-0.4, -0.2) is 232 Å². The van der Waals surface area contributed by atoms with Crippen LogP contribution < -0.4 is 56.4 Å². The van der Waals surface area contributed by atoms with E-state index in [0.29, 0.717) is 173 Å². The maximum Gasteiger partial charge on any atom is 0.325 e. The monoisotopic (exact) mass is 1440 g/mol. The van der Waals surface area contributed by atoms with Gasteiger partial charge >= 0.3 is 24.1 Å². The number of benzene rings is 3. The number of amides is 7. The number of morpholine rings is 3. The zero-order valence-electron chi connectivity index (χ0n) is 59.0. The normalized spacial score (nSPS) is 18.6. The number of hydrogen-bond acceptors (Lipinski definition) is 23. The predicted molar refractivity (Wildman–Crippen MR) is 392 cm³/mol. The second kappa shape index (κ2) is 32.3. The fourth-order valence-electron chi connectivity index (χ4n) is 14.6. The van der Waals surface area contributed by atoms with Crippen molar-refractivity contribution in [1.29, 1.82) is 0 Å². The minimum absolute atomic E-state index is 0.0153. The lowest BCUT2D eigenvalue weighted by Gasteiger charge is -2.55. The first-order chi connectivity index (χ1) is 50.6. The Kier molecular flexibility index (Phi) is 22.5. The second-order valence-corrected chi connectivity index (χ2v) is 26.7. The number of nitrogens with one attached hydrogen (secondary N) is 6. The van der Waals surface area contributed by atoms with E-state index in [4.69, 9.17) is 55.7 Å². The van der Waals surface area contributed by atoms with Crippen molar-refractivity contribution in [3.05, 3.63) is 124 Å². The molecule has 7 aromatic rings. The van der Waals surface area contributed by atoms with E-state index in [-0.39, 0.29) is 87.1 Å². The van der Waals surface area contributed by atoms with Crippen molar-refractivity contribution in [2.24, 2.45) is 0 Å². The van der Waals surface area contributed by atoms with Gasteiger partial charge in [-0.05, 0) is 127 Å². The lowest BCUT2D eigenvalue weighted by atomic mass is 9.87. The van der Waals surface area contributed by atoms with Crippen molar-refractivity contribution >= 4 is 81.9 Å². The number of carboxylic acids is 1. The summed E-state index contributed by atoms with van der Waals surface area (Å²) in [5.41, 5.74) is 4.69. The van der Waals surface area contributed by atoms with Crippen molar-refractivity contribution < 1.29 is 48.4 Å². The molecule has 548 valence electrons. The third-order valence-electron chi connectivity index (χ3n) is 19.6. The molecule has 10 heterocycles. The summed E-state index contributed by atoms with van der Waals surface area (Å²) in [5, 5.41) is 40.8. The minimum atomic E-state index is -2.58. The van der Waals surface area contributed by atoms with Gasteiger partial charge in [0.15, 0.2) is 23.5 Å². The number of carbonyl (C=O) groups excluding carboxylic acids is 4. The number of aliphatic hydroxyl groups excluding tert-OH is 1. The number of rotatable bonds is 21. The molecule has 0 bridgehead atoms. The van der Waals surface area contributed by atoms with Crippen LogP contribution in [0.15, 0.2) is 85.2 Å². The SMILES string of the molecule is CCNC(=O)Nc1ccc(-c2nc3c(c(N4CCOCC4C)n2)CCN(C(C(=O)O)[C@](C(=O)NCCO)(N2CCc4c(nc(-c5ccc(NC(=O)NCC)cc5)nc4N4CCOCC4C)C2)N(C(=O)NCC)c2ccc(-c4nc5c(c(N6CCOCC6)n4)CCN(c4cnc(Cl)cn4)C5)cc2)C3)cc1. The number of aromatic nitrogens is 8. The van der Waals surface area contributed by atoms with E-state index < -0.39 is 36.2 Å². The number of halogens is 1. The van der Waals surface area contributed by atoms with Crippen LogP contribution >= 0.6 is 11.6 Å². The van der Waals surface area contributed by atoms with E-state index in [1.54, 1.807) is 71.5 Å². The van der Waals surface area contributed by atoms with Gasteiger partial charge in [0, 0.05) is 136 Å². The van der Waals surface area contributed by atoms with Gasteiger partial charge in [-0.2, -0.15) is 0 Å². The molecule has 3 aromatic carbocycles. The Hall–Kier alpha value is -10.0. The summed E-state index contributed by atoms with van der Waals surface area (Å²) in [6.07, 6.45) is 4.16. The van der Waals surface area contributed by atoms with Crippen LogP contribution in [0.25, 0.3) is 34.2 Å². The quantitative estimate of drug-likeness (QED) is 0.0437. The molecule has 0 spiro atoms. The standard InChI is InChI=1S/C72H88ClN21O10/c1-6-74-69(99)80-49-15-9-46(10-16-49)62-83-56-40-90(26-22-53(56)65(86-62)92-30-35-103-42-44(92)4)60(67(96)97)72(68(98)77-24-32-95,91-27-23-54-57(41-91)84-63(87-66(54)93-31-36-104-43-45(93)5)47-11-17-50(18-12-47)81-70(100)75-7-2)94(71(101)76-8-3)51-19-13-48(14-20-51)61-82-55-39-89(59-38-78-58(73)37-79-59)25-21-52(55)64(85-61)88-28-33-102-34-29-88/h9-20,37-38,44-45,60,95H,6-8,21-36,39-43H2,1-5H3,(H,76,101)(H,77,98)(H,96,97)(H2,74,80,99)(H2,75,81,100)/t44?,45?,60?,72-/m0/s1. The van der Waals surface area contributed by atoms with Crippen LogP contribution in [0.3, 0.4) is 0 Å². The number of urea groups is 3. The van der Waals surface area contributed by atoms with Crippen LogP contribution in [0.4, 0.5) is 54.7 Å². The topological polar surface area (TPSA) is 351 Å². The van der Waals surface area contributed by atoms with E-state index in [0.717, 1.165) is 28.2 Å². The molecule has 3 unspecified atom stereocenters. The third kappa shape index (κ3) is 15.2. The van der Waals surface area contributed by atoms with Gasteiger partial charge in [-0.1, -0.05) is 11.6 Å². The lowest BCUT2D eigenvalue weighted by Crippen LogP contribution is -2.80. The van der Waals surface area contributed by atoms with E-state index in [1.165, 1.54) is 11.1 Å². The summed E-state index contributed by atoms with van der Waals surface area (Å²) in [6.45, 7) is 15.2. The van der Waals surface area contributed by atoms with E-state index in [2.05, 4.69) is 75.3 Å². The van der Waals surface area contributed by atoms with Crippen LogP contribution in [-0.2, 0) is 62.7 Å². The van der Waals surface area contributed by atoms with Gasteiger partial charge in [-0.15, -0.1) is 0 Å². The first-order valence-electron chi connectivity index (χ1n) is 35.6. The van der Waals surface area contributed by atoms with Gasteiger partial charge in [0.05, 0.1) is 94.4 Å². The third-order valence-corrected chi connectivity index (χ3v) is 19.8. The number of hydrogen-bond donors (Lipinski definition) is 8. The Morgan fingerprint density at radius 2 is 1.07 bits per heavy atom. The smallest absolute Gasteiger partial charge is 0.325 e. The molecular weight excluding hydrogens is 1350 g/mol. The van der Waals surface area contributed by atoms with Crippen molar-refractivity contribution in [1.82, 2.24) is 70.9 Å². The number of carboxylic acid groups (broad SMARTS) is 1. The van der Waals surface area contributed by atoms with Crippen LogP contribution in [0.1, 0.15) is 68.4 Å². The van der Waals surface area contributed by atoms with Gasteiger partial charge < -0.3 is 75.9 Å². The molecule has 0 saturated carbocycles. The fraction of sp³-hybridized carbons (Fsp3) is 0.458. The van der Waals surface area contributed by atoms with Gasteiger partial charge in [0.1, 0.15) is 28.4 Å². The van der Waals surface area contributed by atoms with Crippen LogP contribution in [0.2, 0.25) is 5.15 Å². The van der Waals surface area contributed by atoms with Crippen molar-refractivity contribution in [2.75, 3.05) is 153 Å². The summed E-state index contributed by atoms with van der Waals surface area (Å²) in [5.74, 6) is 1.40. The maximum absolute atomic E-state index is 16.8. The van der Waals surface area contributed by atoms with E-state index >= 15 is 14.4 Å². The molecule has 4 atom stereocenters. The molecule has 0 aliphatic carbocycles. The first-order valence-corrected chi connectivity index (χ1v) is 36.0. The number of aliphatic carboxylic acids is 1. The van der Waals surface area contributed by atoms with Crippen molar-refractivity contribution in [2.45, 2.75) is 97.3 Å². The average Bonchev–Trinajstić information content (AvgIpc) is 0.711. The van der Waals surface area contributed by atoms with Crippen molar-refractivity contribution in [3.63, 3.8) is 0 Å². The highest BCUT2D eigenvalue weighted by Crippen LogP contribution is 2.43. The van der Waals surface area contributed by atoms with Crippen molar-refractivity contribution in [3.8, 4) is 34.2 Å². The van der Waals surface area contributed by atoms with Crippen LogP contribution in [0.5, 0.6) is 0 Å². The molecule has 3 fully saturated rings. The molecular formula is C72H88ClN21O10. The van der Waals surface area contributed by atoms with Gasteiger partial charge in [-0.25, -0.2) is 54.3 Å². The number of nitrogens with zero attached hydrogens (tertiary/aromatic N) is 15. The van der Waals surface area contributed by atoms with E-state index in [9.17, 15) is 19.8 Å². The van der Waals surface area contributed by atoms with Gasteiger partial charge in [-0.3, -0.25) is 24.3 Å². The Balaban J connectivity index is 0.983. The molecule has 8 N–H and O–H groups in total.